The van der Waals surface area contributed by atoms with Gasteiger partial charge in [-0.2, -0.15) is 0 Å². The second kappa shape index (κ2) is 11.6. The summed E-state index contributed by atoms with van der Waals surface area (Å²) in [5.41, 5.74) is 1.55. The van der Waals surface area contributed by atoms with Crippen molar-refractivity contribution in [3.8, 4) is 0 Å². The van der Waals surface area contributed by atoms with Gasteiger partial charge in [0.1, 0.15) is 0 Å². The Hall–Kier alpha value is -2.22. The van der Waals surface area contributed by atoms with E-state index in [0.29, 0.717) is 0 Å². The first-order valence-corrected chi connectivity index (χ1v) is 11.0. The van der Waals surface area contributed by atoms with E-state index in [1.165, 1.54) is 0 Å². The predicted molar refractivity (Wildman–Crippen MR) is 120 cm³/mol. The lowest BCUT2D eigenvalue weighted by Crippen LogP contribution is -2.36. The maximum absolute atomic E-state index is 12.4. The summed E-state index contributed by atoms with van der Waals surface area (Å²) in [6.07, 6.45) is 3.79. The first-order chi connectivity index (χ1) is 13.5. The van der Waals surface area contributed by atoms with Gasteiger partial charge in [-0.1, -0.05) is 30.3 Å². The van der Waals surface area contributed by atoms with E-state index < -0.39 is 0 Å². The van der Waals surface area contributed by atoms with Crippen molar-refractivity contribution < 1.29 is 9.59 Å². The number of anilines is 2. The molecule has 0 unspecified atom stereocenters. The number of hydrogen-bond acceptors (Lipinski definition) is 5. The Kier molecular flexibility index (Phi) is 9.13. The number of rotatable bonds is 10. The average Bonchev–Trinajstić information content (AvgIpc) is 2.67. The van der Waals surface area contributed by atoms with Crippen LogP contribution in [0.2, 0.25) is 0 Å². The number of thioether (sulfide) groups is 2. The third kappa shape index (κ3) is 7.07. The lowest BCUT2D eigenvalue weighted by atomic mass is 10.3. The predicted octanol–water partition coefficient (Wildman–Crippen LogP) is 4.20. The van der Waals surface area contributed by atoms with E-state index in [1.54, 1.807) is 35.5 Å². The van der Waals surface area contributed by atoms with Gasteiger partial charge in [-0.05, 0) is 37.6 Å². The second-order valence-electron chi connectivity index (χ2n) is 6.06. The number of para-hydroxylation sites is 2. The van der Waals surface area contributed by atoms with Crippen LogP contribution in [0.15, 0.2) is 71.0 Å². The fourth-order valence-electron chi connectivity index (χ4n) is 2.52. The third-order valence-corrected chi connectivity index (χ3v) is 5.59. The highest BCUT2D eigenvalue weighted by atomic mass is 32.2. The van der Waals surface area contributed by atoms with Crippen molar-refractivity contribution in [2.45, 2.75) is 9.79 Å². The number of benzene rings is 2. The second-order valence-corrected chi connectivity index (χ2v) is 7.97. The molecule has 0 aliphatic carbocycles. The third-order valence-electron chi connectivity index (χ3n) is 3.73. The minimum atomic E-state index is -0.161. The lowest BCUT2D eigenvalue weighted by Gasteiger charge is -2.17. The van der Waals surface area contributed by atoms with Crippen LogP contribution in [-0.4, -0.2) is 48.9 Å². The van der Waals surface area contributed by atoms with Crippen LogP contribution >= 0.6 is 23.5 Å². The van der Waals surface area contributed by atoms with Crippen LogP contribution in [0.5, 0.6) is 0 Å². The zero-order valence-electron chi connectivity index (χ0n) is 16.1. The smallest absolute Gasteiger partial charge is 0.238 e. The number of carbonyl (C=O) groups excluding carboxylic acids is 2. The lowest BCUT2D eigenvalue weighted by molar-refractivity contribution is -0.119. The molecule has 0 atom stereocenters. The van der Waals surface area contributed by atoms with Gasteiger partial charge >= 0.3 is 0 Å². The minimum Gasteiger partial charge on any atom is -0.324 e. The maximum Gasteiger partial charge on any atom is 0.238 e. The van der Waals surface area contributed by atoms with Crippen molar-refractivity contribution in [3.05, 3.63) is 61.2 Å². The van der Waals surface area contributed by atoms with Gasteiger partial charge in [-0.3, -0.25) is 14.5 Å². The summed E-state index contributed by atoms with van der Waals surface area (Å²) < 4.78 is 0. The molecule has 0 fully saturated rings. The Balaban J connectivity index is 1.87. The average molecular weight is 416 g/mol. The van der Waals surface area contributed by atoms with Crippen LogP contribution in [0, 0.1) is 0 Å². The Morgan fingerprint density at radius 2 is 1.46 bits per heavy atom. The molecule has 0 aliphatic rings. The molecule has 0 saturated carbocycles. The van der Waals surface area contributed by atoms with Crippen LogP contribution in [0.4, 0.5) is 11.4 Å². The van der Waals surface area contributed by atoms with E-state index in [0.717, 1.165) is 26.9 Å². The standard InChI is InChI=1S/C21H25N3O2S2/c1-4-13-28-19-12-8-6-10-17(19)23-21(26)15-24(2)14-20(25)22-16-9-5-7-11-18(16)27-3/h4-12H,1,13-15H2,2-3H3,(H,22,25)(H,23,26). The molecule has 2 rings (SSSR count). The molecular formula is C21H25N3O2S2. The van der Waals surface area contributed by atoms with E-state index in [4.69, 9.17) is 0 Å². The fraction of sp³-hybridized carbons (Fsp3) is 0.238. The number of likely N-dealkylation sites (N-methyl/N-ethyl adjacent to an activating group) is 1. The molecule has 7 heteroatoms. The summed E-state index contributed by atoms with van der Waals surface area (Å²) in [7, 11) is 1.75. The van der Waals surface area contributed by atoms with Crippen LogP contribution in [0.1, 0.15) is 0 Å². The van der Waals surface area contributed by atoms with E-state index in [2.05, 4.69) is 17.2 Å². The van der Waals surface area contributed by atoms with Gasteiger partial charge < -0.3 is 10.6 Å². The van der Waals surface area contributed by atoms with E-state index in [-0.39, 0.29) is 24.9 Å². The van der Waals surface area contributed by atoms with E-state index >= 15 is 0 Å². The van der Waals surface area contributed by atoms with Gasteiger partial charge in [0.05, 0.1) is 24.5 Å². The van der Waals surface area contributed by atoms with Crippen molar-refractivity contribution in [1.29, 1.82) is 0 Å². The normalized spacial score (nSPS) is 10.5. The number of nitrogens with one attached hydrogen (secondary N) is 2. The first kappa shape index (κ1) is 22.1. The van der Waals surface area contributed by atoms with Gasteiger partial charge in [0.15, 0.2) is 0 Å². The Morgan fingerprint density at radius 1 is 0.964 bits per heavy atom. The first-order valence-electron chi connectivity index (χ1n) is 8.77. The molecule has 2 aromatic rings. The fourth-order valence-corrected chi connectivity index (χ4v) is 3.82. The Bertz CT molecular complexity index is 827. The summed E-state index contributed by atoms with van der Waals surface area (Å²) in [6.45, 7) is 3.97. The van der Waals surface area contributed by atoms with Gasteiger partial charge in [0.25, 0.3) is 0 Å². The molecule has 0 saturated heterocycles. The summed E-state index contributed by atoms with van der Waals surface area (Å²) in [4.78, 5) is 28.4. The van der Waals surface area contributed by atoms with Crippen molar-refractivity contribution >= 4 is 46.7 Å². The van der Waals surface area contributed by atoms with Crippen LogP contribution < -0.4 is 10.6 Å². The summed E-state index contributed by atoms with van der Waals surface area (Å²) >= 11 is 3.19. The van der Waals surface area contributed by atoms with Crippen molar-refractivity contribution in [2.24, 2.45) is 0 Å². The number of carbonyl (C=O) groups is 2. The van der Waals surface area contributed by atoms with Gasteiger partial charge in [0, 0.05) is 15.5 Å². The highest BCUT2D eigenvalue weighted by Crippen LogP contribution is 2.27. The largest absolute Gasteiger partial charge is 0.324 e. The molecule has 2 aromatic carbocycles. The zero-order chi connectivity index (χ0) is 20.4. The van der Waals surface area contributed by atoms with Crippen LogP contribution in [0.25, 0.3) is 0 Å². The van der Waals surface area contributed by atoms with Gasteiger partial charge in [0.2, 0.25) is 11.8 Å². The van der Waals surface area contributed by atoms with E-state index in [9.17, 15) is 9.59 Å². The van der Waals surface area contributed by atoms with Crippen molar-refractivity contribution in [1.82, 2.24) is 4.90 Å². The minimum absolute atomic E-state index is 0.123. The summed E-state index contributed by atoms with van der Waals surface area (Å²) in [5, 5.41) is 5.82. The van der Waals surface area contributed by atoms with Crippen LogP contribution in [-0.2, 0) is 9.59 Å². The molecule has 0 aromatic heterocycles. The highest BCUT2D eigenvalue weighted by Gasteiger charge is 2.13. The topological polar surface area (TPSA) is 61.4 Å². The monoisotopic (exact) mass is 415 g/mol. The molecular weight excluding hydrogens is 390 g/mol. The highest BCUT2D eigenvalue weighted by molar-refractivity contribution is 7.99. The molecule has 5 nitrogen and oxygen atoms in total. The van der Waals surface area contributed by atoms with Crippen molar-refractivity contribution in [2.75, 3.05) is 42.8 Å². The summed E-state index contributed by atoms with van der Waals surface area (Å²) in [6, 6.07) is 15.3. The maximum atomic E-state index is 12.4. The Labute approximate surface area is 175 Å². The van der Waals surface area contributed by atoms with Crippen molar-refractivity contribution in [3.63, 3.8) is 0 Å². The molecule has 2 amide bonds. The molecule has 0 aliphatic heterocycles. The van der Waals surface area contributed by atoms with Gasteiger partial charge in [-0.25, -0.2) is 0 Å². The quantitative estimate of drug-likeness (QED) is 0.450. The van der Waals surface area contributed by atoms with E-state index in [1.807, 2.05) is 60.9 Å². The number of nitrogens with zero attached hydrogens (tertiary/aromatic N) is 1. The Morgan fingerprint density at radius 3 is 2.00 bits per heavy atom. The SMILES string of the molecule is C=CCSc1ccccc1NC(=O)CN(C)CC(=O)Nc1ccccc1SC. The molecule has 0 bridgehead atoms. The molecule has 0 radical (unpaired) electrons. The number of amides is 2. The molecule has 0 spiro atoms. The number of hydrogen-bond donors (Lipinski definition) is 2. The molecule has 2 N–H and O–H groups in total. The molecule has 0 heterocycles. The molecule has 148 valence electrons. The molecule has 28 heavy (non-hydrogen) atoms. The summed E-state index contributed by atoms with van der Waals surface area (Å²) in [5.74, 6) is 0.454. The van der Waals surface area contributed by atoms with Crippen LogP contribution in [0.3, 0.4) is 0 Å². The zero-order valence-corrected chi connectivity index (χ0v) is 17.7. The van der Waals surface area contributed by atoms with Gasteiger partial charge in [-0.15, -0.1) is 30.1 Å².